The van der Waals surface area contributed by atoms with Gasteiger partial charge >= 0.3 is 0 Å². The minimum atomic E-state index is -0.695. The molecule has 1 aromatic rings. The van der Waals surface area contributed by atoms with Crippen molar-refractivity contribution in [3.05, 3.63) is 29.3 Å². The summed E-state index contributed by atoms with van der Waals surface area (Å²) < 4.78 is 5.16. The molecule has 3 nitrogen and oxygen atoms in total. The van der Waals surface area contributed by atoms with Gasteiger partial charge in [-0.15, -0.1) is 0 Å². The van der Waals surface area contributed by atoms with Crippen LogP contribution < -0.4 is 10.5 Å². The molecular weight excluding hydrogens is 188 g/mol. The van der Waals surface area contributed by atoms with Crippen LogP contribution in [0.1, 0.15) is 17.5 Å². The second-order valence-electron chi connectivity index (χ2n) is 4.08. The number of ether oxygens (including phenoxy) is 1. The Morgan fingerprint density at radius 3 is 2.93 bits per heavy atom. The number of methoxy groups -OCH3 is 1. The normalized spacial score (nSPS) is 24.1. The molecule has 0 aromatic heterocycles. The van der Waals surface area contributed by atoms with E-state index in [4.69, 9.17) is 15.7 Å². The number of benzene rings is 1. The van der Waals surface area contributed by atoms with Gasteiger partial charge < -0.3 is 10.5 Å². The summed E-state index contributed by atoms with van der Waals surface area (Å²) in [5.41, 5.74) is 7.70. The van der Waals surface area contributed by atoms with Gasteiger partial charge in [-0.1, -0.05) is 6.07 Å². The fraction of sp³-hybridized carbons (Fsp3) is 0.417. The smallest absolute Gasteiger partial charge is 0.119 e. The summed E-state index contributed by atoms with van der Waals surface area (Å²) in [6, 6.07) is 8.19. The molecule has 78 valence electrons. The van der Waals surface area contributed by atoms with E-state index in [0.717, 1.165) is 24.2 Å². The molecule has 0 saturated heterocycles. The summed E-state index contributed by atoms with van der Waals surface area (Å²) in [4.78, 5) is 0. The van der Waals surface area contributed by atoms with Gasteiger partial charge in [0.25, 0.3) is 0 Å². The van der Waals surface area contributed by atoms with Crippen molar-refractivity contribution in [3.8, 4) is 11.8 Å². The highest BCUT2D eigenvalue weighted by atomic mass is 16.5. The van der Waals surface area contributed by atoms with E-state index in [-0.39, 0.29) is 0 Å². The van der Waals surface area contributed by atoms with Crippen molar-refractivity contribution in [1.82, 2.24) is 0 Å². The number of hydrogen-bond acceptors (Lipinski definition) is 3. The minimum Gasteiger partial charge on any atom is -0.497 e. The Morgan fingerprint density at radius 1 is 1.47 bits per heavy atom. The van der Waals surface area contributed by atoms with Crippen molar-refractivity contribution in [1.29, 1.82) is 5.26 Å². The van der Waals surface area contributed by atoms with Gasteiger partial charge in [0.05, 0.1) is 13.2 Å². The van der Waals surface area contributed by atoms with Crippen LogP contribution in [0.25, 0.3) is 0 Å². The summed E-state index contributed by atoms with van der Waals surface area (Å²) in [5.74, 6) is 0.830. The maximum Gasteiger partial charge on any atom is 0.119 e. The zero-order chi connectivity index (χ0) is 10.9. The molecule has 3 heteroatoms. The number of nitrogens with zero attached hydrogens (tertiary/aromatic N) is 1. The van der Waals surface area contributed by atoms with Crippen molar-refractivity contribution < 1.29 is 4.74 Å². The van der Waals surface area contributed by atoms with Crippen LogP contribution in [-0.4, -0.2) is 12.6 Å². The zero-order valence-corrected chi connectivity index (χ0v) is 8.79. The van der Waals surface area contributed by atoms with Crippen LogP contribution in [0.5, 0.6) is 5.75 Å². The lowest BCUT2D eigenvalue weighted by Gasteiger charge is -2.28. The van der Waals surface area contributed by atoms with Crippen LogP contribution >= 0.6 is 0 Å². The van der Waals surface area contributed by atoms with Gasteiger partial charge in [-0.25, -0.2) is 0 Å². The quantitative estimate of drug-likeness (QED) is 0.749. The van der Waals surface area contributed by atoms with Crippen LogP contribution in [0.2, 0.25) is 0 Å². The second kappa shape index (κ2) is 3.56. The molecule has 2 rings (SSSR count). The van der Waals surface area contributed by atoms with Gasteiger partial charge in [0.2, 0.25) is 0 Å². The predicted molar refractivity (Wildman–Crippen MR) is 57.6 cm³/mol. The summed E-state index contributed by atoms with van der Waals surface area (Å²) >= 11 is 0. The number of rotatable bonds is 1. The van der Waals surface area contributed by atoms with Crippen LogP contribution in [0.4, 0.5) is 0 Å². The van der Waals surface area contributed by atoms with Crippen molar-refractivity contribution in [3.63, 3.8) is 0 Å². The molecule has 2 N–H and O–H groups in total. The van der Waals surface area contributed by atoms with Crippen LogP contribution in [0.3, 0.4) is 0 Å². The molecule has 1 aliphatic carbocycles. The second-order valence-corrected chi connectivity index (χ2v) is 4.08. The number of hydrogen-bond donors (Lipinski definition) is 1. The van der Waals surface area contributed by atoms with Gasteiger partial charge in [-0.05, 0) is 36.1 Å². The minimum absolute atomic E-state index is 0.621. The van der Waals surface area contributed by atoms with Gasteiger partial charge in [0.1, 0.15) is 11.3 Å². The number of nitriles is 1. The summed E-state index contributed by atoms with van der Waals surface area (Å²) in [6.45, 7) is 0. The van der Waals surface area contributed by atoms with Crippen molar-refractivity contribution in [2.24, 2.45) is 5.73 Å². The highest BCUT2D eigenvalue weighted by Gasteiger charge is 2.30. The molecule has 0 heterocycles. The predicted octanol–water partition coefficient (Wildman–Crippen LogP) is 1.40. The third-order valence-corrected chi connectivity index (χ3v) is 2.98. The molecule has 0 radical (unpaired) electrons. The van der Waals surface area contributed by atoms with Crippen LogP contribution in [0, 0.1) is 11.3 Å². The molecule has 0 bridgehead atoms. The topological polar surface area (TPSA) is 59.0 Å². The molecule has 0 aliphatic heterocycles. The Morgan fingerprint density at radius 2 is 2.27 bits per heavy atom. The third-order valence-electron chi connectivity index (χ3n) is 2.98. The van der Waals surface area contributed by atoms with Gasteiger partial charge in [0, 0.05) is 6.42 Å². The fourth-order valence-electron chi connectivity index (χ4n) is 2.02. The van der Waals surface area contributed by atoms with Crippen LogP contribution in [-0.2, 0) is 12.8 Å². The first-order chi connectivity index (χ1) is 7.17. The Bertz CT molecular complexity index is 422. The van der Waals surface area contributed by atoms with Gasteiger partial charge in [0.15, 0.2) is 0 Å². The van der Waals surface area contributed by atoms with Crippen molar-refractivity contribution in [2.45, 2.75) is 24.8 Å². The highest BCUT2D eigenvalue weighted by Crippen LogP contribution is 2.29. The Labute approximate surface area is 89.5 Å². The maximum atomic E-state index is 9.00. The molecular formula is C12H14N2O. The van der Waals surface area contributed by atoms with E-state index >= 15 is 0 Å². The van der Waals surface area contributed by atoms with E-state index in [1.165, 1.54) is 5.56 Å². The Hall–Kier alpha value is -1.53. The van der Waals surface area contributed by atoms with E-state index in [1.54, 1.807) is 7.11 Å². The number of fused-ring (bicyclic) bond motifs is 1. The highest BCUT2D eigenvalue weighted by molar-refractivity contribution is 5.40. The van der Waals surface area contributed by atoms with E-state index in [9.17, 15) is 0 Å². The molecule has 1 aromatic carbocycles. The maximum absolute atomic E-state index is 9.00. The van der Waals surface area contributed by atoms with E-state index in [1.807, 2.05) is 12.1 Å². The standard InChI is InChI=1S/C12H14N2O/c1-15-11-3-2-9-4-5-12(14,8-13)7-10(9)6-11/h2-3,6H,4-5,7,14H2,1H3. The lowest BCUT2D eigenvalue weighted by atomic mass is 9.79. The van der Waals surface area contributed by atoms with E-state index in [2.05, 4.69) is 12.1 Å². The zero-order valence-electron chi connectivity index (χ0n) is 8.79. The van der Waals surface area contributed by atoms with Crippen molar-refractivity contribution >= 4 is 0 Å². The molecule has 1 aliphatic rings. The SMILES string of the molecule is COc1ccc2c(c1)CC(N)(C#N)CC2. The average Bonchev–Trinajstić information content (AvgIpc) is 2.28. The Balaban J connectivity index is 2.36. The molecule has 0 spiro atoms. The molecule has 1 unspecified atom stereocenters. The summed E-state index contributed by atoms with van der Waals surface area (Å²) in [7, 11) is 1.64. The molecule has 0 amide bonds. The van der Waals surface area contributed by atoms with Crippen molar-refractivity contribution in [2.75, 3.05) is 7.11 Å². The molecule has 1 atom stereocenters. The lowest BCUT2D eigenvalue weighted by molar-refractivity contribution is 0.411. The van der Waals surface area contributed by atoms with Gasteiger partial charge in [-0.3, -0.25) is 0 Å². The fourth-order valence-corrected chi connectivity index (χ4v) is 2.02. The summed E-state index contributed by atoms with van der Waals surface area (Å²) in [5, 5.41) is 9.00. The first-order valence-electron chi connectivity index (χ1n) is 5.03. The molecule has 0 fully saturated rings. The van der Waals surface area contributed by atoms with Crippen LogP contribution in [0.15, 0.2) is 18.2 Å². The van der Waals surface area contributed by atoms with E-state index in [0.29, 0.717) is 6.42 Å². The molecule has 15 heavy (non-hydrogen) atoms. The number of aryl methyl sites for hydroxylation is 1. The van der Waals surface area contributed by atoms with Gasteiger partial charge in [-0.2, -0.15) is 5.26 Å². The monoisotopic (exact) mass is 202 g/mol. The number of nitrogens with two attached hydrogens (primary N) is 1. The molecule has 0 saturated carbocycles. The lowest BCUT2D eigenvalue weighted by Crippen LogP contribution is -2.43. The van der Waals surface area contributed by atoms with E-state index < -0.39 is 5.54 Å². The average molecular weight is 202 g/mol. The first-order valence-corrected chi connectivity index (χ1v) is 5.03. The third kappa shape index (κ3) is 1.81. The Kier molecular flexibility index (Phi) is 2.37. The summed E-state index contributed by atoms with van der Waals surface area (Å²) in [6.07, 6.45) is 2.24. The largest absolute Gasteiger partial charge is 0.497 e. The first kappa shape index (κ1) is 10.0.